The fourth-order valence-corrected chi connectivity index (χ4v) is 5.10. The van der Waals surface area contributed by atoms with Crippen molar-refractivity contribution in [2.45, 2.75) is 45.1 Å². The summed E-state index contributed by atoms with van der Waals surface area (Å²) in [5, 5.41) is 2.94. The van der Waals surface area contributed by atoms with Gasteiger partial charge in [0.2, 0.25) is 5.91 Å². The predicted molar refractivity (Wildman–Crippen MR) is 129 cm³/mol. The van der Waals surface area contributed by atoms with E-state index in [-0.39, 0.29) is 23.4 Å². The van der Waals surface area contributed by atoms with E-state index in [1.54, 1.807) is 42.5 Å². The molecule has 0 aliphatic heterocycles. The van der Waals surface area contributed by atoms with Gasteiger partial charge in [0.1, 0.15) is 6.54 Å². The number of benzene rings is 3. The molecule has 32 heavy (non-hydrogen) atoms. The lowest BCUT2D eigenvalue weighted by molar-refractivity contribution is -0.120. The van der Waals surface area contributed by atoms with Crippen LogP contribution in [0.25, 0.3) is 0 Å². The molecule has 168 valence electrons. The molecule has 6 heteroatoms. The first-order chi connectivity index (χ1) is 15.2. The summed E-state index contributed by atoms with van der Waals surface area (Å²) in [5.41, 5.74) is 4.53. The van der Waals surface area contributed by atoms with Crippen molar-refractivity contribution >= 4 is 21.6 Å². The average molecular weight is 451 g/mol. The zero-order chi connectivity index (χ0) is 23.3. The summed E-state index contributed by atoms with van der Waals surface area (Å²) < 4.78 is 28.1. The summed E-state index contributed by atoms with van der Waals surface area (Å²) in [6.45, 7) is 7.50. The second-order valence-corrected chi connectivity index (χ2v) is 9.92. The Morgan fingerprint density at radius 2 is 1.53 bits per heavy atom. The van der Waals surface area contributed by atoms with Crippen LogP contribution in [0.5, 0.6) is 0 Å². The molecule has 0 saturated carbocycles. The van der Waals surface area contributed by atoms with Crippen LogP contribution < -0.4 is 9.62 Å². The third-order valence-corrected chi connectivity index (χ3v) is 7.17. The number of nitrogens with one attached hydrogen (secondary N) is 1. The molecule has 1 amide bonds. The van der Waals surface area contributed by atoms with E-state index in [0.29, 0.717) is 5.69 Å². The Morgan fingerprint density at radius 3 is 2.09 bits per heavy atom. The lowest BCUT2D eigenvalue weighted by Crippen LogP contribution is -2.41. The molecule has 0 radical (unpaired) electrons. The van der Waals surface area contributed by atoms with Gasteiger partial charge in [-0.3, -0.25) is 9.10 Å². The summed E-state index contributed by atoms with van der Waals surface area (Å²) in [6.07, 6.45) is 0.948. The van der Waals surface area contributed by atoms with Gasteiger partial charge >= 0.3 is 0 Å². The second-order valence-electron chi connectivity index (χ2n) is 8.05. The summed E-state index contributed by atoms with van der Waals surface area (Å²) >= 11 is 0. The zero-order valence-electron chi connectivity index (χ0n) is 19.0. The summed E-state index contributed by atoms with van der Waals surface area (Å²) in [4.78, 5) is 13.1. The lowest BCUT2D eigenvalue weighted by Gasteiger charge is -2.26. The van der Waals surface area contributed by atoms with Gasteiger partial charge in [-0.1, -0.05) is 55.5 Å². The minimum Gasteiger partial charge on any atom is -0.348 e. The largest absolute Gasteiger partial charge is 0.348 e. The highest BCUT2D eigenvalue weighted by Gasteiger charge is 2.28. The van der Waals surface area contributed by atoms with Gasteiger partial charge in [0, 0.05) is 0 Å². The average Bonchev–Trinajstić information content (AvgIpc) is 2.77. The summed E-state index contributed by atoms with van der Waals surface area (Å²) in [6, 6.07) is 21.6. The Hall–Kier alpha value is -3.12. The minimum atomic E-state index is -3.92. The smallest absolute Gasteiger partial charge is 0.264 e. The van der Waals surface area contributed by atoms with Gasteiger partial charge < -0.3 is 5.32 Å². The Bertz CT molecular complexity index is 1150. The molecule has 1 N–H and O–H groups in total. The van der Waals surface area contributed by atoms with E-state index in [1.165, 1.54) is 9.87 Å². The van der Waals surface area contributed by atoms with Crippen molar-refractivity contribution in [3.63, 3.8) is 0 Å². The van der Waals surface area contributed by atoms with Gasteiger partial charge in [-0.25, -0.2) is 8.42 Å². The van der Waals surface area contributed by atoms with Crippen molar-refractivity contribution < 1.29 is 13.2 Å². The predicted octanol–water partition coefficient (Wildman–Crippen LogP) is 4.94. The minimum absolute atomic E-state index is 0.148. The van der Waals surface area contributed by atoms with Crippen molar-refractivity contribution in [3.05, 3.63) is 95.1 Å². The maximum Gasteiger partial charge on any atom is 0.264 e. The van der Waals surface area contributed by atoms with Crippen LogP contribution in [0.2, 0.25) is 0 Å². The van der Waals surface area contributed by atoms with Gasteiger partial charge in [-0.05, 0) is 73.7 Å². The van der Waals surface area contributed by atoms with Crippen molar-refractivity contribution in [1.82, 2.24) is 5.32 Å². The Balaban J connectivity index is 1.89. The SMILES string of the molecule is CCc1ccc([C@H](C)NC(=O)CN(c2cc(C)cc(C)c2)S(=O)(=O)c2ccccc2)cc1. The highest BCUT2D eigenvalue weighted by Crippen LogP contribution is 2.26. The number of hydrogen-bond acceptors (Lipinski definition) is 3. The first kappa shape index (κ1) is 23.5. The van der Waals surface area contributed by atoms with E-state index in [4.69, 9.17) is 0 Å². The summed E-state index contributed by atoms with van der Waals surface area (Å²) in [5.74, 6) is -0.365. The quantitative estimate of drug-likeness (QED) is 0.529. The normalized spacial score (nSPS) is 12.2. The topological polar surface area (TPSA) is 66.5 Å². The molecule has 0 aliphatic carbocycles. The summed E-state index contributed by atoms with van der Waals surface area (Å²) in [7, 11) is -3.92. The number of nitrogens with zero attached hydrogens (tertiary/aromatic N) is 1. The van der Waals surface area contributed by atoms with Crippen LogP contribution in [0.3, 0.4) is 0 Å². The van der Waals surface area contributed by atoms with Crippen LogP contribution in [0, 0.1) is 13.8 Å². The fraction of sp³-hybridized carbons (Fsp3) is 0.269. The molecular formula is C26H30N2O3S. The number of aryl methyl sites for hydroxylation is 3. The Kier molecular flexibility index (Phi) is 7.36. The molecule has 3 rings (SSSR count). The maximum atomic E-state index is 13.5. The van der Waals surface area contributed by atoms with Crippen LogP contribution in [0.1, 0.15) is 42.1 Å². The van der Waals surface area contributed by atoms with Gasteiger partial charge in [-0.2, -0.15) is 0 Å². The molecule has 0 aromatic heterocycles. The highest BCUT2D eigenvalue weighted by atomic mass is 32.2. The van der Waals surface area contributed by atoms with E-state index < -0.39 is 10.0 Å². The van der Waals surface area contributed by atoms with E-state index in [0.717, 1.165) is 23.1 Å². The van der Waals surface area contributed by atoms with E-state index in [9.17, 15) is 13.2 Å². The number of hydrogen-bond donors (Lipinski definition) is 1. The Labute approximate surface area is 191 Å². The molecular weight excluding hydrogens is 420 g/mol. The molecule has 0 saturated heterocycles. The molecule has 1 atom stereocenters. The first-order valence-electron chi connectivity index (χ1n) is 10.7. The molecule has 0 bridgehead atoms. The van der Waals surface area contributed by atoms with Crippen LogP contribution in [0.15, 0.2) is 77.7 Å². The number of carbonyl (C=O) groups excluding carboxylic acids is 1. The third-order valence-electron chi connectivity index (χ3n) is 5.38. The van der Waals surface area contributed by atoms with Gasteiger partial charge in [0.05, 0.1) is 16.6 Å². The lowest BCUT2D eigenvalue weighted by atomic mass is 10.1. The second kappa shape index (κ2) is 10.0. The van der Waals surface area contributed by atoms with E-state index >= 15 is 0 Å². The van der Waals surface area contributed by atoms with Gasteiger partial charge in [-0.15, -0.1) is 0 Å². The van der Waals surface area contributed by atoms with Crippen LogP contribution in [-0.4, -0.2) is 20.9 Å². The van der Waals surface area contributed by atoms with Crippen LogP contribution in [-0.2, 0) is 21.2 Å². The number of rotatable bonds is 8. The molecule has 0 aliphatic rings. The standard InChI is InChI=1S/C26H30N2O3S/c1-5-22-11-13-23(14-12-22)21(4)27-26(29)18-28(24-16-19(2)15-20(3)17-24)32(30,31)25-9-7-6-8-10-25/h6-17,21H,5,18H2,1-4H3,(H,27,29)/t21-/m0/s1. The van der Waals surface area contributed by atoms with Crippen LogP contribution >= 0.6 is 0 Å². The first-order valence-corrected chi connectivity index (χ1v) is 12.2. The van der Waals surface area contributed by atoms with Crippen molar-refractivity contribution in [2.24, 2.45) is 0 Å². The highest BCUT2D eigenvalue weighted by molar-refractivity contribution is 7.92. The molecule has 5 nitrogen and oxygen atoms in total. The number of amides is 1. The monoisotopic (exact) mass is 450 g/mol. The maximum absolute atomic E-state index is 13.5. The van der Waals surface area contributed by atoms with Crippen molar-refractivity contribution in [2.75, 3.05) is 10.8 Å². The van der Waals surface area contributed by atoms with Crippen molar-refractivity contribution in [1.29, 1.82) is 0 Å². The van der Waals surface area contributed by atoms with E-state index in [1.807, 2.05) is 51.1 Å². The number of carbonyl (C=O) groups is 1. The molecule has 0 fully saturated rings. The molecule has 0 spiro atoms. The number of anilines is 1. The molecule has 3 aromatic carbocycles. The molecule has 0 unspecified atom stereocenters. The zero-order valence-corrected chi connectivity index (χ0v) is 19.8. The fourth-order valence-electron chi connectivity index (χ4n) is 3.67. The van der Waals surface area contributed by atoms with Crippen LogP contribution in [0.4, 0.5) is 5.69 Å². The molecule has 3 aromatic rings. The van der Waals surface area contributed by atoms with Gasteiger partial charge in [0.25, 0.3) is 10.0 Å². The van der Waals surface area contributed by atoms with Crippen molar-refractivity contribution in [3.8, 4) is 0 Å². The van der Waals surface area contributed by atoms with E-state index in [2.05, 4.69) is 12.2 Å². The van der Waals surface area contributed by atoms with Gasteiger partial charge in [0.15, 0.2) is 0 Å². The number of sulfonamides is 1. The Morgan fingerprint density at radius 1 is 0.938 bits per heavy atom. The molecule has 0 heterocycles. The third kappa shape index (κ3) is 5.56.